The molecule has 3 aromatic rings. The molecule has 2 aromatic heterocycles. The second-order valence-corrected chi connectivity index (χ2v) is 5.56. The van der Waals surface area contributed by atoms with Crippen LogP contribution in [0, 0.1) is 0 Å². The van der Waals surface area contributed by atoms with Crippen LogP contribution < -0.4 is 10.1 Å². The molecule has 0 aliphatic carbocycles. The number of ether oxygens (including phenoxy) is 1. The number of hydrogen-bond donors (Lipinski definition) is 1. The van der Waals surface area contributed by atoms with Gasteiger partial charge >= 0.3 is 0 Å². The lowest BCUT2D eigenvalue weighted by Gasteiger charge is -2.02. The van der Waals surface area contributed by atoms with Gasteiger partial charge in [-0.1, -0.05) is 12.1 Å². The van der Waals surface area contributed by atoms with Crippen molar-refractivity contribution in [1.29, 1.82) is 0 Å². The van der Waals surface area contributed by atoms with E-state index in [9.17, 15) is 4.79 Å². The minimum absolute atomic E-state index is 0.167. The molecule has 0 unspecified atom stereocenters. The fourth-order valence-electron chi connectivity index (χ4n) is 2.72. The topological polar surface area (TPSA) is 68.5 Å². The summed E-state index contributed by atoms with van der Waals surface area (Å²) >= 11 is 0. The average molecular weight is 320 g/mol. The molecule has 1 amide bonds. The van der Waals surface area contributed by atoms with Gasteiger partial charge in [0.15, 0.2) is 11.5 Å². The number of rotatable bonds is 4. The highest BCUT2D eigenvalue weighted by Crippen LogP contribution is 2.26. The molecule has 1 aliphatic heterocycles. The van der Waals surface area contributed by atoms with E-state index < -0.39 is 0 Å². The van der Waals surface area contributed by atoms with Gasteiger partial charge in [-0.2, -0.15) is 0 Å². The van der Waals surface area contributed by atoms with Gasteiger partial charge in [-0.3, -0.25) is 9.20 Å². The predicted molar refractivity (Wildman–Crippen MR) is 89.5 cm³/mol. The molecule has 0 fully saturated rings. The van der Waals surface area contributed by atoms with Gasteiger partial charge in [0.05, 0.1) is 13.2 Å². The summed E-state index contributed by atoms with van der Waals surface area (Å²) in [6.07, 6.45) is 6.12. The number of carbonyl (C=O) groups is 1. The van der Waals surface area contributed by atoms with Gasteiger partial charge in [-0.15, -0.1) is 10.2 Å². The molecule has 3 heterocycles. The van der Waals surface area contributed by atoms with E-state index in [-0.39, 0.29) is 5.91 Å². The quantitative estimate of drug-likeness (QED) is 0.747. The SMILES string of the molecule is O=C(C=Cc1ccc2c(c1)CCO2)NCc1nnc2ccccn12. The molecule has 0 saturated carbocycles. The molecule has 6 heteroatoms. The minimum atomic E-state index is -0.167. The number of fused-ring (bicyclic) bond motifs is 2. The summed E-state index contributed by atoms with van der Waals surface area (Å²) in [6.45, 7) is 1.06. The molecule has 1 aromatic carbocycles. The van der Waals surface area contributed by atoms with Crippen molar-refractivity contribution in [1.82, 2.24) is 19.9 Å². The van der Waals surface area contributed by atoms with Crippen LogP contribution in [-0.2, 0) is 17.8 Å². The Kier molecular flexibility index (Phi) is 3.70. The Bertz CT molecular complexity index is 930. The van der Waals surface area contributed by atoms with Crippen LogP contribution in [0.1, 0.15) is 17.0 Å². The van der Waals surface area contributed by atoms with E-state index in [1.807, 2.05) is 40.9 Å². The molecule has 24 heavy (non-hydrogen) atoms. The van der Waals surface area contributed by atoms with Crippen molar-refractivity contribution in [3.05, 3.63) is 65.6 Å². The van der Waals surface area contributed by atoms with E-state index in [2.05, 4.69) is 21.6 Å². The Labute approximate surface area is 138 Å². The van der Waals surface area contributed by atoms with Gasteiger partial charge in [0, 0.05) is 18.7 Å². The minimum Gasteiger partial charge on any atom is -0.493 e. The zero-order valence-electron chi connectivity index (χ0n) is 13.0. The highest BCUT2D eigenvalue weighted by Gasteiger charge is 2.11. The lowest BCUT2D eigenvalue weighted by molar-refractivity contribution is -0.116. The third kappa shape index (κ3) is 2.86. The maximum absolute atomic E-state index is 12.0. The van der Waals surface area contributed by atoms with Gasteiger partial charge < -0.3 is 10.1 Å². The number of benzene rings is 1. The predicted octanol–water partition coefficient (Wildman–Crippen LogP) is 1.99. The van der Waals surface area contributed by atoms with E-state index in [0.717, 1.165) is 30.0 Å². The number of carbonyl (C=O) groups excluding carboxylic acids is 1. The normalized spacial score (nSPS) is 13.2. The number of hydrogen-bond acceptors (Lipinski definition) is 4. The second-order valence-electron chi connectivity index (χ2n) is 5.56. The fourth-order valence-corrected chi connectivity index (χ4v) is 2.72. The molecule has 6 nitrogen and oxygen atoms in total. The molecule has 1 N–H and O–H groups in total. The summed E-state index contributed by atoms with van der Waals surface area (Å²) in [6, 6.07) is 11.6. The van der Waals surface area contributed by atoms with Crippen molar-refractivity contribution in [3.8, 4) is 5.75 Å². The van der Waals surface area contributed by atoms with E-state index in [4.69, 9.17) is 4.74 Å². The standard InChI is InChI=1S/C18H16N4O2/c23-18(7-5-13-4-6-15-14(11-13)8-10-24-15)19-12-17-21-20-16-3-1-2-9-22(16)17/h1-7,9,11H,8,10,12H2,(H,19,23). The van der Waals surface area contributed by atoms with Crippen LogP contribution in [0.15, 0.2) is 48.7 Å². The van der Waals surface area contributed by atoms with Crippen molar-refractivity contribution >= 4 is 17.6 Å². The Hall–Kier alpha value is -3.15. The lowest BCUT2D eigenvalue weighted by atomic mass is 10.1. The molecule has 0 atom stereocenters. The Morgan fingerprint density at radius 1 is 1.29 bits per heavy atom. The van der Waals surface area contributed by atoms with Crippen LogP contribution in [0.5, 0.6) is 5.75 Å². The monoisotopic (exact) mass is 320 g/mol. The Balaban J connectivity index is 1.40. The number of amides is 1. The van der Waals surface area contributed by atoms with Crippen LogP contribution in [0.2, 0.25) is 0 Å². The van der Waals surface area contributed by atoms with Gasteiger partial charge in [-0.05, 0) is 41.5 Å². The maximum atomic E-state index is 12.0. The molecule has 4 rings (SSSR count). The van der Waals surface area contributed by atoms with Crippen molar-refractivity contribution in [2.75, 3.05) is 6.61 Å². The van der Waals surface area contributed by atoms with Crippen LogP contribution in [-0.4, -0.2) is 27.1 Å². The summed E-state index contributed by atoms with van der Waals surface area (Å²) in [4.78, 5) is 12.0. The second kappa shape index (κ2) is 6.16. The zero-order valence-corrected chi connectivity index (χ0v) is 13.0. The molecule has 0 saturated heterocycles. The van der Waals surface area contributed by atoms with E-state index in [1.54, 1.807) is 6.08 Å². The summed E-state index contributed by atoms with van der Waals surface area (Å²) in [7, 11) is 0. The van der Waals surface area contributed by atoms with Crippen molar-refractivity contribution < 1.29 is 9.53 Å². The van der Waals surface area contributed by atoms with E-state index in [1.165, 1.54) is 11.6 Å². The lowest BCUT2D eigenvalue weighted by Crippen LogP contribution is -2.21. The first kappa shape index (κ1) is 14.4. The summed E-state index contributed by atoms with van der Waals surface area (Å²) < 4.78 is 7.33. The van der Waals surface area contributed by atoms with Crippen LogP contribution in [0.3, 0.4) is 0 Å². The Morgan fingerprint density at radius 3 is 3.21 bits per heavy atom. The van der Waals surface area contributed by atoms with E-state index >= 15 is 0 Å². The summed E-state index contributed by atoms with van der Waals surface area (Å²) in [5, 5.41) is 11.0. The fraction of sp³-hybridized carbons (Fsp3) is 0.167. The third-order valence-electron chi connectivity index (χ3n) is 3.95. The van der Waals surface area contributed by atoms with Gasteiger partial charge in [0.25, 0.3) is 0 Å². The molecular formula is C18H16N4O2. The largest absolute Gasteiger partial charge is 0.493 e. The van der Waals surface area contributed by atoms with Gasteiger partial charge in [0.2, 0.25) is 5.91 Å². The first-order valence-corrected chi connectivity index (χ1v) is 7.80. The first-order chi connectivity index (χ1) is 11.8. The smallest absolute Gasteiger partial charge is 0.244 e. The molecule has 1 aliphatic rings. The molecule has 0 spiro atoms. The molecular weight excluding hydrogens is 304 g/mol. The zero-order chi connectivity index (χ0) is 16.4. The third-order valence-corrected chi connectivity index (χ3v) is 3.95. The maximum Gasteiger partial charge on any atom is 0.244 e. The van der Waals surface area contributed by atoms with E-state index in [0.29, 0.717) is 12.4 Å². The number of aromatic nitrogens is 3. The number of pyridine rings is 1. The van der Waals surface area contributed by atoms with Crippen molar-refractivity contribution in [2.45, 2.75) is 13.0 Å². The summed E-state index contributed by atoms with van der Waals surface area (Å²) in [5.74, 6) is 1.47. The summed E-state index contributed by atoms with van der Waals surface area (Å²) in [5.41, 5.74) is 2.94. The van der Waals surface area contributed by atoms with Crippen LogP contribution >= 0.6 is 0 Å². The van der Waals surface area contributed by atoms with Crippen LogP contribution in [0.25, 0.3) is 11.7 Å². The average Bonchev–Trinajstić information content (AvgIpc) is 3.24. The van der Waals surface area contributed by atoms with Crippen molar-refractivity contribution in [3.63, 3.8) is 0 Å². The highest BCUT2D eigenvalue weighted by molar-refractivity contribution is 5.91. The molecule has 120 valence electrons. The van der Waals surface area contributed by atoms with Gasteiger partial charge in [-0.25, -0.2) is 0 Å². The highest BCUT2D eigenvalue weighted by atomic mass is 16.5. The molecule has 0 radical (unpaired) electrons. The van der Waals surface area contributed by atoms with Crippen molar-refractivity contribution in [2.24, 2.45) is 0 Å². The number of nitrogens with zero attached hydrogens (tertiary/aromatic N) is 3. The van der Waals surface area contributed by atoms with Gasteiger partial charge in [0.1, 0.15) is 5.75 Å². The van der Waals surface area contributed by atoms with Crippen LogP contribution in [0.4, 0.5) is 0 Å². The Morgan fingerprint density at radius 2 is 2.25 bits per heavy atom. The number of nitrogens with one attached hydrogen (secondary N) is 1. The molecule has 0 bridgehead atoms. The first-order valence-electron chi connectivity index (χ1n) is 7.80.